The third-order valence-corrected chi connectivity index (χ3v) is 3.96. The summed E-state index contributed by atoms with van der Waals surface area (Å²) < 4.78 is 39.1. The second-order valence-electron chi connectivity index (χ2n) is 3.69. The van der Waals surface area contributed by atoms with Crippen LogP contribution < -0.4 is 0 Å². The number of alkyl halides is 3. The molecule has 2 rings (SSSR count). The van der Waals surface area contributed by atoms with Gasteiger partial charge in [0.05, 0.1) is 5.56 Å². The van der Waals surface area contributed by atoms with Crippen LogP contribution in [-0.4, -0.2) is 5.11 Å². The monoisotopic (exact) mass is 384 g/mol. The van der Waals surface area contributed by atoms with Crippen LogP contribution in [0, 0.1) is 3.57 Å². The fraction of sp³-hybridized carbons (Fsp3) is 0.167. The predicted octanol–water partition coefficient (Wildman–Crippen LogP) is 4.45. The summed E-state index contributed by atoms with van der Waals surface area (Å²) in [6.45, 7) is 0. The Labute approximate surface area is 119 Å². The molecule has 6 heteroatoms. The van der Waals surface area contributed by atoms with Crippen LogP contribution in [0.2, 0.25) is 0 Å². The van der Waals surface area contributed by atoms with Gasteiger partial charge in [0.1, 0.15) is 6.10 Å². The van der Waals surface area contributed by atoms with Crippen LogP contribution in [0.15, 0.2) is 35.0 Å². The van der Waals surface area contributed by atoms with Gasteiger partial charge in [-0.05, 0) is 45.7 Å². The molecular formula is C12H8F3IOS. The maximum absolute atomic E-state index is 12.7. The molecule has 1 N–H and O–H groups in total. The number of halogens is 4. The summed E-state index contributed by atoms with van der Waals surface area (Å²) in [5, 5.41) is 12.4. The van der Waals surface area contributed by atoms with Gasteiger partial charge in [-0.15, -0.1) is 0 Å². The number of thiophene rings is 1. The van der Waals surface area contributed by atoms with Gasteiger partial charge < -0.3 is 5.11 Å². The van der Waals surface area contributed by atoms with Crippen LogP contribution >= 0.6 is 33.9 Å². The minimum absolute atomic E-state index is 0.0892. The quantitative estimate of drug-likeness (QED) is 0.759. The summed E-state index contributed by atoms with van der Waals surface area (Å²) >= 11 is 3.03. The minimum atomic E-state index is -4.43. The summed E-state index contributed by atoms with van der Waals surface area (Å²) in [5.41, 5.74) is -0.397. The Morgan fingerprint density at radius 2 is 1.72 bits per heavy atom. The first kappa shape index (κ1) is 13.8. The standard InChI is InChI=1S/C12H8F3IOS/c13-12(14,15)10-6-18-5-9(10)11(17)7-1-3-8(16)4-2-7/h1-6,11,17H. The molecule has 0 aliphatic rings. The lowest BCUT2D eigenvalue weighted by Crippen LogP contribution is -2.10. The van der Waals surface area contributed by atoms with Gasteiger partial charge in [-0.25, -0.2) is 0 Å². The zero-order valence-electron chi connectivity index (χ0n) is 8.91. The van der Waals surface area contributed by atoms with Crippen molar-refractivity contribution < 1.29 is 18.3 Å². The van der Waals surface area contributed by atoms with Gasteiger partial charge in [-0.1, -0.05) is 12.1 Å². The van der Waals surface area contributed by atoms with Crippen molar-refractivity contribution in [1.29, 1.82) is 0 Å². The van der Waals surface area contributed by atoms with E-state index in [1.54, 1.807) is 24.3 Å². The first-order valence-corrected chi connectivity index (χ1v) is 6.98. The van der Waals surface area contributed by atoms with Crippen LogP contribution in [0.3, 0.4) is 0 Å². The number of rotatable bonds is 2. The van der Waals surface area contributed by atoms with Gasteiger partial charge in [-0.2, -0.15) is 24.5 Å². The molecule has 0 spiro atoms. The lowest BCUT2D eigenvalue weighted by Gasteiger charge is -2.14. The second-order valence-corrected chi connectivity index (χ2v) is 5.68. The third kappa shape index (κ3) is 2.86. The van der Waals surface area contributed by atoms with Gasteiger partial charge >= 0.3 is 6.18 Å². The van der Waals surface area contributed by atoms with Gasteiger partial charge in [0, 0.05) is 14.5 Å². The topological polar surface area (TPSA) is 20.2 Å². The molecule has 1 aromatic heterocycles. The summed E-state index contributed by atoms with van der Waals surface area (Å²) in [6, 6.07) is 6.76. The molecule has 1 heterocycles. The van der Waals surface area contributed by atoms with Crippen molar-refractivity contribution in [2.45, 2.75) is 12.3 Å². The molecule has 1 atom stereocenters. The van der Waals surface area contributed by atoms with Crippen LogP contribution in [0.4, 0.5) is 13.2 Å². The van der Waals surface area contributed by atoms with Crippen molar-refractivity contribution in [2.24, 2.45) is 0 Å². The van der Waals surface area contributed by atoms with E-state index in [9.17, 15) is 18.3 Å². The average Bonchev–Trinajstić information content (AvgIpc) is 2.77. The van der Waals surface area contributed by atoms with Crippen molar-refractivity contribution in [2.75, 3.05) is 0 Å². The molecule has 0 aliphatic heterocycles. The highest BCUT2D eigenvalue weighted by Crippen LogP contribution is 2.38. The van der Waals surface area contributed by atoms with E-state index in [0.717, 1.165) is 20.3 Å². The largest absolute Gasteiger partial charge is 0.417 e. The lowest BCUT2D eigenvalue weighted by atomic mass is 10.0. The average molecular weight is 384 g/mol. The van der Waals surface area contributed by atoms with E-state index < -0.39 is 17.8 Å². The van der Waals surface area contributed by atoms with Crippen molar-refractivity contribution in [3.05, 3.63) is 55.3 Å². The molecule has 1 unspecified atom stereocenters. The summed E-state index contributed by atoms with van der Waals surface area (Å²) in [7, 11) is 0. The molecule has 0 saturated heterocycles. The molecule has 0 amide bonds. The fourth-order valence-corrected chi connectivity index (χ4v) is 2.81. The Balaban J connectivity index is 2.37. The maximum atomic E-state index is 12.7. The molecule has 0 aliphatic carbocycles. The Bertz CT molecular complexity index is 533. The Morgan fingerprint density at radius 1 is 1.11 bits per heavy atom. The van der Waals surface area contributed by atoms with E-state index in [1.165, 1.54) is 5.38 Å². The molecule has 0 radical (unpaired) electrons. The van der Waals surface area contributed by atoms with Crippen molar-refractivity contribution in [1.82, 2.24) is 0 Å². The molecule has 1 aromatic carbocycles. The second kappa shape index (κ2) is 5.18. The maximum Gasteiger partial charge on any atom is 0.417 e. The predicted molar refractivity (Wildman–Crippen MR) is 72.5 cm³/mol. The number of aliphatic hydroxyl groups excluding tert-OH is 1. The number of hydrogen-bond donors (Lipinski definition) is 1. The first-order valence-electron chi connectivity index (χ1n) is 4.96. The Kier molecular flexibility index (Phi) is 3.98. The van der Waals surface area contributed by atoms with E-state index in [2.05, 4.69) is 22.6 Å². The van der Waals surface area contributed by atoms with Crippen molar-refractivity contribution in [3.8, 4) is 0 Å². The van der Waals surface area contributed by atoms with Gasteiger partial charge in [-0.3, -0.25) is 0 Å². The van der Waals surface area contributed by atoms with E-state index >= 15 is 0 Å². The fourth-order valence-electron chi connectivity index (χ4n) is 1.57. The summed E-state index contributed by atoms with van der Waals surface area (Å²) in [4.78, 5) is 0. The van der Waals surface area contributed by atoms with E-state index in [0.29, 0.717) is 5.56 Å². The summed E-state index contributed by atoms with van der Waals surface area (Å²) in [5.74, 6) is 0. The van der Waals surface area contributed by atoms with Gasteiger partial charge in [0.25, 0.3) is 0 Å². The number of benzene rings is 1. The van der Waals surface area contributed by atoms with Crippen LogP contribution in [-0.2, 0) is 6.18 Å². The van der Waals surface area contributed by atoms with E-state index in [1.807, 2.05) is 0 Å². The SMILES string of the molecule is OC(c1ccc(I)cc1)c1cscc1C(F)(F)F. The normalized spacial score (nSPS) is 13.6. The van der Waals surface area contributed by atoms with Crippen LogP contribution in [0.1, 0.15) is 22.8 Å². The van der Waals surface area contributed by atoms with Crippen LogP contribution in [0.25, 0.3) is 0 Å². The molecule has 2 aromatic rings. The molecule has 1 nitrogen and oxygen atoms in total. The first-order chi connectivity index (χ1) is 8.39. The van der Waals surface area contributed by atoms with E-state index in [-0.39, 0.29) is 5.56 Å². The Hall–Kier alpha value is -0.600. The van der Waals surface area contributed by atoms with Crippen molar-refractivity contribution in [3.63, 3.8) is 0 Å². The highest BCUT2D eigenvalue weighted by atomic mass is 127. The lowest BCUT2D eigenvalue weighted by molar-refractivity contribution is -0.138. The zero-order valence-corrected chi connectivity index (χ0v) is 11.9. The highest BCUT2D eigenvalue weighted by Gasteiger charge is 2.36. The Morgan fingerprint density at radius 3 is 2.28 bits per heavy atom. The molecule has 0 bridgehead atoms. The smallest absolute Gasteiger partial charge is 0.384 e. The highest BCUT2D eigenvalue weighted by molar-refractivity contribution is 14.1. The molecule has 18 heavy (non-hydrogen) atoms. The third-order valence-electron chi connectivity index (χ3n) is 2.48. The minimum Gasteiger partial charge on any atom is -0.384 e. The number of aliphatic hydroxyl groups is 1. The molecular weight excluding hydrogens is 376 g/mol. The molecule has 96 valence electrons. The van der Waals surface area contributed by atoms with E-state index in [4.69, 9.17) is 0 Å². The van der Waals surface area contributed by atoms with Crippen LogP contribution in [0.5, 0.6) is 0 Å². The number of hydrogen-bond acceptors (Lipinski definition) is 2. The summed E-state index contributed by atoms with van der Waals surface area (Å²) in [6.07, 6.45) is -5.68. The molecule has 0 saturated carbocycles. The molecule has 0 fully saturated rings. The van der Waals surface area contributed by atoms with Gasteiger partial charge in [0.2, 0.25) is 0 Å². The zero-order chi connectivity index (χ0) is 13.3. The van der Waals surface area contributed by atoms with Crippen molar-refractivity contribution >= 4 is 33.9 Å². The van der Waals surface area contributed by atoms with Gasteiger partial charge in [0.15, 0.2) is 0 Å².